The number of fused-ring (bicyclic) bond motifs is 1. The summed E-state index contributed by atoms with van der Waals surface area (Å²) in [6, 6.07) is 0. The van der Waals surface area contributed by atoms with Gasteiger partial charge in [0.25, 0.3) is 0 Å². The average Bonchev–Trinajstić information content (AvgIpc) is 2.45. The monoisotopic (exact) mass is 293 g/mol. The third kappa shape index (κ3) is 3.95. The summed E-state index contributed by atoms with van der Waals surface area (Å²) in [4.78, 5) is 18.1. The van der Waals surface area contributed by atoms with Crippen LogP contribution in [-0.2, 0) is 14.4 Å². The van der Waals surface area contributed by atoms with E-state index >= 15 is 0 Å². The van der Waals surface area contributed by atoms with Crippen LogP contribution < -0.4 is 5.48 Å². The Kier molecular flexibility index (Phi) is 5.22. The number of carbonyl (C=O) groups excluding carboxylic acids is 1. The van der Waals surface area contributed by atoms with Crippen LogP contribution in [0.3, 0.4) is 0 Å². The van der Waals surface area contributed by atoms with Crippen LogP contribution in [0.25, 0.3) is 0 Å². The summed E-state index contributed by atoms with van der Waals surface area (Å²) in [7, 11) is 1.66. The number of hydrogen-bond donors (Lipinski definition) is 1. The van der Waals surface area contributed by atoms with Gasteiger partial charge in [0.1, 0.15) is 5.76 Å². The Labute approximate surface area is 127 Å². The van der Waals surface area contributed by atoms with E-state index in [2.05, 4.69) is 32.3 Å². The molecule has 118 valence electrons. The molecule has 2 unspecified atom stereocenters. The maximum atomic E-state index is 12.3. The minimum atomic E-state index is -0.473. The van der Waals surface area contributed by atoms with Gasteiger partial charge in [-0.1, -0.05) is 13.3 Å². The number of rotatable bonds is 6. The topological polar surface area (TPSA) is 47.6 Å². The van der Waals surface area contributed by atoms with Crippen molar-refractivity contribution in [3.63, 3.8) is 0 Å². The molecule has 0 saturated heterocycles. The molecular formula is C17H27NO3. The van der Waals surface area contributed by atoms with Crippen LogP contribution in [0, 0.1) is 5.92 Å². The lowest BCUT2D eigenvalue weighted by Gasteiger charge is -2.35. The molecule has 0 amide bonds. The minimum Gasteiger partial charge on any atom is -0.497 e. The smallest absolute Gasteiger partial charge is 0.167 e. The van der Waals surface area contributed by atoms with Gasteiger partial charge in [-0.05, 0) is 56.8 Å². The number of ketones is 1. The summed E-state index contributed by atoms with van der Waals surface area (Å²) >= 11 is 0. The van der Waals surface area contributed by atoms with Crippen LogP contribution in [0.5, 0.6) is 0 Å². The molecule has 0 aromatic carbocycles. The summed E-state index contributed by atoms with van der Waals surface area (Å²) in [6.45, 7) is 6.33. The van der Waals surface area contributed by atoms with Gasteiger partial charge in [0, 0.05) is 12.0 Å². The van der Waals surface area contributed by atoms with Crippen LogP contribution in [-0.4, -0.2) is 24.5 Å². The van der Waals surface area contributed by atoms with Gasteiger partial charge < -0.3 is 4.74 Å². The highest BCUT2D eigenvalue weighted by Gasteiger charge is 2.36. The van der Waals surface area contributed by atoms with Gasteiger partial charge in [-0.15, -0.1) is 0 Å². The lowest BCUT2D eigenvalue weighted by molar-refractivity contribution is -0.139. The molecule has 1 fully saturated rings. The van der Waals surface area contributed by atoms with Crippen molar-refractivity contribution in [1.82, 2.24) is 5.48 Å². The predicted molar refractivity (Wildman–Crippen MR) is 82.5 cm³/mol. The highest BCUT2D eigenvalue weighted by Crippen LogP contribution is 2.36. The van der Waals surface area contributed by atoms with Crippen molar-refractivity contribution in [3.8, 4) is 0 Å². The molecule has 1 saturated carbocycles. The highest BCUT2D eigenvalue weighted by atomic mass is 16.7. The van der Waals surface area contributed by atoms with E-state index in [1.807, 2.05) is 6.08 Å². The zero-order valence-corrected chi connectivity index (χ0v) is 13.6. The number of Topliss-reactive ketones (excluding diaryl/α,β-unsaturated/α-hetero) is 1. The number of hydrogen-bond acceptors (Lipinski definition) is 4. The molecule has 4 heteroatoms. The first-order chi connectivity index (χ1) is 9.96. The predicted octanol–water partition coefficient (Wildman–Crippen LogP) is 3.29. The molecule has 2 rings (SSSR count). The molecule has 0 heterocycles. The Balaban J connectivity index is 2.09. The SMILES string of the molecule is CCCC(C)(C)NOC1C(=O)CCC2CC=C(OC)C=C21. The van der Waals surface area contributed by atoms with Crippen LogP contribution >= 0.6 is 0 Å². The number of carbonyl (C=O) groups is 1. The summed E-state index contributed by atoms with van der Waals surface area (Å²) in [5.74, 6) is 1.40. The molecular weight excluding hydrogens is 266 g/mol. The van der Waals surface area contributed by atoms with Gasteiger partial charge in [0.2, 0.25) is 0 Å². The summed E-state index contributed by atoms with van der Waals surface area (Å²) < 4.78 is 5.31. The molecule has 2 aliphatic rings. The maximum Gasteiger partial charge on any atom is 0.167 e. The first-order valence-electron chi connectivity index (χ1n) is 7.88. The quantitative estimate of drug-likeness (QED) is 0.763. The van der Waals surface area contributed by atoms with Crippen molar-refractivity contribution in [2.75, 3.05) is 7.11 Å². The molecule has 2 atom stereocenters. The lowest BCUT2D eigenvalue weighted by Crippen LogP contribution is -2.46. The molecule has 0 spiro atoms. The van der Waals surface area contributed by atoms with Crippen molar-refractivity contribution in [2.45, 2.75) is 64.5 Å². The summed E-state index contributed by atoms with van der Waals surface area (Å²) in [6.07, 6.45) is 8.11. The Morgan fingerprint density at radius 2 is 2.19 bits per heavy atom. The van der Waals surface area contributed by atoms with Crippen LogP contribution in [0.4, 0.5) is 0 Å². The second kappa shape index (κ2) is 6.75. The van der Waals surface area contributed by atoms with Crippen molar-refractivity contribution in [3.05, 3.63) is 23.5 Å². The van der Waals surface area contributed by atoms with Gasteiger partial charge in [-0.25, -0.2) is 0 Å². The molecule has 21 heavy (non-hydrogen) atoms. The van der Waals surface area contributed by atoms with Crippen molar-refractivity contribution < 1.29 is 14.4 Å². The standard InChI is InChI=1S/C17H27NO3/c1-5-10-17(2,3)18-21-16-14-11-13(20-4)8-6-12(14)7-9-15(16)19/h8,11-12,16,18H,5-7,9-10H2,1-4H3. The third-order valence-corrected chi connectivity index (χ3v) is 4.28. The molecule has 0 aromatic heterocycles. The number of ether oxygens (including phenoxy) is 1. The molecule has 0 bridgehead atoms. The zero-order chi connectivity index (χ0) is 15.5. The fraction of sp³-hybridized carbons (Fsp3) is 0.706. The first kappa shape index (κ1) is 16.2. The number of methoxy groups -OCH3 is 1. The van der Waals surface area contributed by atoms with Crippen molar-refractivity contribution >= 4 is 5.78 Å². The molecule has 0 radical (unpaired) electrons. The summed E-state index contributed by atoms with van der Waals surface area (Å²) in [5, 5.41) is 0. The summed E-state index contributed by atoms with van der Waals surface area (Å²) in [5.41, 5.74) is 4.04. The van der Waals surface area contributed by atoms with Gasteiger partial charge >= 0.3 is 0 Å². The van der Waals surface area contributed by atoms with E-state index in [0.717, 1.165) is 37.0 Å². The third-order valence-electron chi connectivity index (χ3n) is 4.28. The van der Waals surface area contributed by atoms with E-state index in [0.29, 0.717) is 12.3 Å². The lowest BCUT2D eigenvalue weighted by atomic mass is 9.77. The Morgan fingerprint density at radius 1 is 1.43 bits per heavy atom. The minimum absolute atomic E-state index is 0.128. The van der Waals surface area contributed by atoms with E-state index in [1.54, 1.807) is 7.11 Å². The molecule has 4 nitrogen and oxygen atoms in total. The number of allylic oxidation sites excluding steroid dienone is 2. The van der Waals surface area contributed by atoms with Crippen LogP contribution in [0.15, 0.2) is 23.5 Å². The zero-order valence-electron chi connectivity index (χ0n) is 13.6. The van der Waals surface area contributed by atoms with E-state index in [-0.39, 0.29) is 11.3 Å². The molecule has 0 aromatic rings. The second-order valence-corrected chi connectivity index (χ2v) is 6.63. The first-order valence-corrected chi connectivity index (χ1v) is 7.88. The van der Waals surface area contributed by atoms with E-state index in [9.17, 15) is 4.79 Å². The van der Waals surface area contributed by atoms with Crippen LogP contribution in [0.2, 0.25) is 0 Å². The maximum absolute atomic E-state index is 12.3. The highest BCUT2D eigenvalue weighted by molar-refractivity contribution is 5.87. The van der Waals surface area contributed by atoms with E-state index in [4.69, 9.17) is 9.57 Å². The second-order valence-electron chi connectivity index (χ2n) is 6.63. The average molecular weight is 293 g/mol. The van der Waals surface area contributed by atoms with Gasteiger partial charge in [0.15, 0.2) is 11.9 Å². The van der Waals surface area contributed by atoms with E-state index in [1.165, 1.54) is 0 Å². The van der Waals surface area contributed by atoms with Gasteiger partial charge in [-0.3, -0.25) is 9.63 Å². The van der Waals surface area contributed by atoms with Crippen molar-refractivity contribution in [1.29, 1.82) is 0 Å². The van der Waals surface area contributed by atoms with Crippen LogP contribution in [0.1, 0.15) is 52.9 Å². The van der Waals surface area contributed by atoms with E-state index < -0.39 is 6.10 Å². The number of nitrogens with one attached hydrogen (secondary N) is 1. The largest absolute Gasteiger partial charge is 0.497 e. The normalized spacial score (nSPS) is 26.0. The molecule has 1 N–H and O–H groups in total. The number of hydroxylamine groups is 1. The van der Waals surface area contributed by atoms with Gasteiger partial charge in [-0.2, -0.15) is 5.48 Å². The Bertz CT molecular complexity index is 451. The Hall–Kier alpha value is -1.13. The molecule has 0 aliphatic heterocycles. The fourth-order valence-corrected chi connectivity index (χ4v) is 3.11. The Morgan fingerprint density at radius 3 is 2.86 bits per heavy atom. The van der Waals surface area contributed by atoms with Crippen molar-refractivity contribution in [2.24, 2.45) is 5.92 Å². The fourth-order valence-electron chi connectivity index (χ4n) is 3.11. The molecule has 2 aliphatic carbocycles. The van der Waals surface area contributed by atoms with Gasteiger partial charge in [0.05, 0.1) is 7.11 Å².